The van der Waals surface area contributed by atoms with Crippen LogP contribution in [0, 0.1) is 5.92 Å². The number of benzene rings is 1. The molecule has 3 N–H and O–H groups in total. The average Bonchev–Trinajstić information content (AvgIpc) is 2.36. The molecule has 2 atom stereocenters. The molecule has 0 fully saturated rings. The van der Waals surface area contributed by atoms with Crippen LogP contribution in [0.5, 0.6) is 0 Å². The predicted molar refractivity (Wildman–Crippen MR) is 81.8 cm³/mol. The average molecular weight is 284 g/mol. The zero-order valence-electron chi connectivity index (χ0n) is 11.9. The first-order chi connectivity index (χ1) is 8.86. The molecule has 1 aromatic rings. The maximum atomic E-state index is 12.1. The second-order valence-corrected chi connectivity index (χ2v) is 5.39. The Balaban J connectivity index is 2.92. The summed E-state index contributed by atoms with van der Waals surface area (Å²) in [5.41, 5.74) is 7.50. The summed E-state index contributed by atoms with van der Waals surface area (Å²) < 4.78 is 0. The molecule has 0 aliphatic heterocycles. The van der Waals surface area contributed by atoms with E-state index in [0.717, 1.165) is 12.1 Å². The van der Waals surface area contributed by atoms with Gasteiger partial charge in [0.25, 0.3) is 0 Å². The number of halogens is 1. The number of rotatable bonds is 5. The van der Waals surface area contributed by atoms with Crippen LogP contribution in [0.4, 0.5) is 11.4 Å². The summed E-state index contributed by atoms with van der Waals surface area (Å²) in [5.74, 6) is -0.0401. The molecule has 0 heterocycles. The Morgan fingerprint density at radius 3 is 2.63 bits per heavy atom. The first-order valence-electron chi connectivity index (χ1n) is 6.40. The molecule has 1 rings (SSSR count). The molecule has 4 nitrogen and oxygen atoms in total. The van der Waals surface area contributed by atoms with E-state index in [1.54, 1.807) is 12.1 Å². The maximum absolute atomic E-state index is 12.1. The third kappa shape index (κ3) is 4.11. The number of nitrogens with zero attached hydrogens (tertiary/aromatic N) is 1. The van der Waals surface area contributed by atoms with Crippen LogP contribution in [0.1, 0.15) is 20.3 Å². The number of carbonyl (C=O) groups excluding carboxylic acids is 1. The minimum absolute atomic E-state index is 0.141. The Hall–Kier alpha value is -1.26. The van der Waals surface area contributed by atoms with Crippen molar-refractivity contribution < 1.29 is 4.79 Å². The van der Waals surface area contributed by atoms with Gasteiger partial charge in [-0.2, -0.15) is 0 Å². The van der Waals surface area contributed by atoms with Gasteiger partial charge in [0.2, 0.25) is 5.91 Å². The minimum Gasteiger partial charge on any atom is -0.376 e. The Morgan fingerprint density at radius 1 is 1.47 bits per heavy atom. The quantitative estimate of drug-likeness (QED) is 0.873. The lowest BCUT2D eigenvalue weighted by molar-refractivity contribution is -0.118. The highest BCUT2D eigenvalue weighted by atomic mass is 35.5. The van der Waals surface area contributed by atoms with E-state index in [4.69, 9.17) is 17.3 Å². The molecule has 0 saturated heterocycles. The molecule has 1 unspecified atom stereocenters. The zero-order chi connectivity index (χ0) is 14.6. The minimum atomic E-state index is -0.515. The van der Waals surface area contributed by atoms with Crippen molar-refractivity contribution in [3.05, 3.63) is 23.2 Å². The zero-order valence-corrected chi connectivity index (χ0v) is 12.7. The summed E-state index contributed by atoms with van der Waals surface area (Å²) in [6.45, 7) is 3.98. The van der Waals surface area contributed by atoms with Crippen LogP contribution in [-0.4, -0.2) is 26.0 Å². The second-order valence-electron chi connectivity index (χ2n) is 4.96. The normalized spacial score (nSPS) is 13.8. The lowest BCUT2D eigenvalue weighted by atomic mass is 9.99. The van der Waals surface area contributed by atoms with Gasteiger partial charge in [0.15, 0.2) is 0 Å². The first kappa shape index (κ1) is 15.8. The molecule has 1 aromatic carbocycles. The molecule has 0 aliphatic carbocycles. The maximum Gasteiger partial charge on any atom is 0.241 e. The van der Waals surface area contributed by atoms with Gasteiger partial charge in [-0.3, -0.25) is 4.79 Å². The molecule has 5 heteroatoms. The van der Waals surface area contributed by atoms with Gasteiger partial charge in [-0.15, -0.1) is 0 Å². The SMILES string of the molecule is CCC(C)[C@H](N)C(=O)Nc1cc(Cl)ccc1N(C)C. The molecule has 0 radical (unpaired) electrons. The number of hydrogen-bond acceptors (Lipinski definition) is 3. The van der Waals surface area contributed by atoms with Crippen LogP contribution in [0.2, 0.25) is 5.02 Å². The Kier molecular flexibility index (Phi) is 5.63. The highest BCUT2D eigenvalue weighted by Gasteiger charge is 2.20. The standard InChI is InChI=1S/C14H22ClN3O/c1-5-9(2)13(16)14(19)17-11-8-10(15)6-7-12(11)18(3)4/h6-9,13H,5,16H2,1-4H3,(H,17,19)/t9?,13-/m0/s1. The van der Waals surface area contributed by atoms with Crippen molar-refractivity contribution in [1.29, 1.82) is 0 Å². The molecular weight excluding hydrogens is 262 g/mol. The molecular formula is C14H22ClN3O. The Bertz CT molecular complexity index is 448. The summed E-state index contributed by atoms with van der Waals surface area (Å²) in [5, 5.41) is 3.44. The predicted octanol–water partition coefficient (Wildman–Crippen LogP) is 2.72. The van der Waals surface area contributed by atoms with Crippen molar-refractivity contribution >= 4 is 28.9 Å². The van der Waals surface area contributed by atoms with Crippen LogP contribution >= 0.6 is 11.6 Å². The van der Waals surface area contributed by atoms with Gasteiger partial charge >= 0.3 is 0 Å². The lowest BCUT2D eigenvalue weighted by Gasteiger charge is -2.21. The highest BCUT2D eigenvalue weighted by Crippen LogP contribution is 2.28. The molecule has 0 aliphatic rings. The summed E-state index contributed by atoms with van der Waals surface area (Å²) in [6.07, 6.45) is 0.866. The van der Waals surface area contributed by atoms with Crippen molar-refractivity contribution in [3.63, 3.8) is 0 Å². The van der Waals surface area contributed by atoms with E-state index in [2.05, 4.69) is 5.32 Å². The number of amides is 1. The lowest BCUT2D eigenvalue weighted by Crippen LogP contribution is -2.40. The highest BCUT2D eigenvalue weighted by molar-refractivity contribution is 6.31. The van der Waals surface area contributed by atoms with Gasteiger partial charge in [-0.05, 0) is 24.1 Å². The molecule has 0 aromatic heterocycles. The smallest absolute Gasteiger partial charge is 0.241 e. The van der Waals surface area contributed by atoms with Gasteiger partial charge in [0.05, 0.1) is 17.4 Å². The summed E-state index contributed by atoms with van der Waals surface area (Å²) >= 11 is 5.97. The van der Waals surface area contributed by atoms with Crippen LogP contribution in [0.15, 0.2) is 18.2 Å². The fourth-order valence-corrected chi connectivity index (χ4v) is 1.90. The van der Waals surface area contributed by atoms with Crippen LogP contribution in [0.3, 0.4) is 0 Å². The summed E-state index contributed by atoms with van der Waals surface area (Å²) in [6, 6.07) is 4.88. The number of hydrogen-bond donors (Lipinski definition) is 2. The van der Waals surface area contributed by atoms with E-state index in [1.807, 2.05) is 38.9 Å². The largest absolute Gasteiger partial charge is 0.376 e. The van der Waals surface area contributed by atoms with Gasteiger partial charge in [0, 0.05) is 19.1 Å². The van der Waals surface area contributed by atoms with Crippen LogP contribution in [-0.2, 0) is 4.79 Å². The van der Waals surface area contributed by atoms with Crippen molar-refractivity contribution in [2.75, 3.05) is 24.3 Å². The van der Waals surface area contributed by atoms with Crippen LogP contribution < -0.4 is 16.0 Å². The van der Waals surface area contributed by atoms with Crippen LogP contribution in [0.25, 0.3) is 0 Å². The van der Waals surface area contributed by atoms with E-state index in [0.29, 0.717) is 10.7 Å². The van der Waals surface area contributed by atoms with E-state index in [-0.39, 0.29) is 11.8 Å². The van der Waals surface area contributed by atoms with Gasteiger partial charge in [-0.1, -0.05) is 31.9 Å². The number of anilines is 2. The molecule has 0 bridgehead atoms. The summed E-state index contributed by atoms with van der Waals surface area (Å²) in [7, 11) is 3.82. The van der Waals surface area contributed by atoms with E-state index >= 15 is 0 Å². The second kappa shape index (κ2) is 6.78. The first-order valence-corrected chi connectivity index (χ1v) is 6.78. The van der Waals surface area contributed by atoms with E-state index in [9.17, 15) is 4.79 Å². The van der Waals surface area contributed by atoms with E-state index < -0.39 is 6.04 Å². The number of nitrogens with one attached hydrogen (secondary N) is 1. The van der Waals surface area contributed by atoms with E-state index in [1.165, 1.54) is 0 Å². The van der Waals surface area contributed by atoms with Crippen molar-refractivity contribution in [2.45, 2.75) is 26.3 Å². The third-order valence-electron chi connectivity index (χ3n) is 3.26. The van der Waals surface area contributed by atoms with Gasteiger partial charge in [0.1, 0.15) is 0 Å². The molecule has 19 heavy (non-hydrogen) atoms. The number of nitrogens with two attached hydrogens (primary N) is 1. The monoisotopic (exact) mass is 283 g/mol. The van der Waals surface area contributed by atoms with Crippen molar-refractivity contribution in [2.24, 2.45) is 11.7 Å². The van der Waals surface area contributed by atoms with Crippen molar-refractivity contribution in [1.82, 2.24) is 0 Å². The fraction of sp³-hybridized carbons (Fsp3) is 0.500. The topological polar surface area (TPSA) is 58.4 Å². The third-order valence-corrected chi connectivity index (χ3v) is 3.49. The fourth-order valence-electron chi connectivity index (χ4n) is 1.73. The summed E-state index contributed by atoms with van der Waals surface area (Å²) in [4.78, 5) is 14.0. The van der Waals surface area contributed by atoms with Gasteiger partial charge in [-0.25, -0.2) is 0 Å². The van der Waals surface area contributed by atoms with Gasteiger partial charge < -0.3 is 16.0 Å². The molecule has 106 valence electrons. The number of carbonyl (C=O) groups is 1. The van der Waals surface area contributed by atoms with Crippen molar-refractivity contribution in [3.8, 4) is 0 Å². The Morgan fingerprint density at radius 2 is 2.11 bits per heavy atom. The molecule has 0 saturated carbocycles. The molecule has 0 spiro atoms. The molecule has 1 amide bonds. The Labute approximate surface area is 119 Å².